The molecule has 14 heavy (non-hydrogen) atoms. The van der Waals surface area contributed by atoms with Gasteiger partial charge in [-0.2, -0.15) is 0 Å². The topological polar surface area (TPSA) is 30.0 Å². The summed E-state index contributed by atoms with van der Waals surface area (Å²) in [6.45, 7) is 8.35. The van der Waals surface area contributed by atoms with Crippen molar-refractivity contribution in [1.29, 1.82) is 0 Å². The van der Waals surface area contributed by atoms with Crippen molar-refractivity contribution in [2.75, 3.05) is 0 Å². The number of hydrogen-bond acceptors (Lipinski definition) is 2. The molecule has 0 spiro atoms. The van der Waals surface area contributed by atoms with Crippen molar-refractivity contribution >= 4 is 6.29 Å². The lowest BCUT2D eigenvalue weighted by molar-refractivity contribution is 0.112. The Morgan fingerprint density at radius 2 is 2.07 bits per heavy atom. The maximum atomic E-state index is 10.8. The Kier molecular flexibility index (Phi) is 3.04. The zero-order valence-electron chi connectivity index (χ0n) is 9.29. The number of rotatable bonds is 2. The molecule has 0 saturated heterocycles. The van der Waals surface area contributed by atoms with Gasteiger partial charge in [0.15, 0.2) is 6.29 Å². The molecule has 0 aliphatic heterocycles. The maximum absolute atomic E-state index is 10.8. The van der Waals surface area contributed by atoms with Gasteiger partial charge in [0, 0.05) is 11.8 Å². The van der Waals surface area contributed by atoms with Crippen LogP contribution < -0.4 is 0 Å². The van der Waals surface area contributed by atoms with Crippen LogP contribution in [0, 0.1) is 0 Å². The standard InChI is InChI=1S/C12H17NO/c1-5-11-9(8-14)6-10(7-13-11)12(2,3)4/h6-8H,5H2,1-4H3. The number of carbonyl (C=O) groups is 1. The van der Waals surface area contributed by atoms with Gasteiger partial charge in [-0.05, 0) is 23.5 Å². The molecule has 0 amide bonds. The molecule has 0 fully saturated rings. The molecule has 0 saturated carbocycles. The molecular formula is C12H17NO. The summed E-state index contributed by atoms with van der Waals surface area (Å²) >= 11 is 0. The van der Waals surface area contributed by atoms with E-state index in [0.717, 1.165) is 29.5 Å². The minimum absolute atomic E-state index is 0.0526. The van der Waals surface area contributed by atoms with Crippen LogP contribution in [-0.2, 0) is 11.8 Å². The van der Waals surface area contributed by atoms with E-state index in [-0.39, 0.29) is 5.41 Å². The van der Waals surface area contributed by atoms with Gasteiger partial charge in [0.05, 0.1) is 5.69 Å². The number of pyridine rings is 1. The first-order valence-corrected chi connectivity index (χ1v) is 4.93. The first kappa shape index (κ1) is 10.9. The van der Waals surface area contributed by atoms with Crippen molar-refractivity contribution in [2.24, 2.45) is 0 Å². The number of hydrogen-bond donors (Lipinski definition) is 0. The Balaban J connectivity index is 3.21. The Bertz CT molecular complexity index is 337. The van der Waals surface area contributed by atoms with Crippen molar-refractivity contribution in [3.05, 3.63) is 29.1 Å². The summed E-state index contributed by atoms with van der Waals surface area (Å²) in [7, 11) is 0. The Morgan fingerprint density at radius 1 is 1.43 bits per heavy atom. The largest absolute Gasteiger partial charge is 0.298 e. The van der Waals surface area contributed by atoms with Crippen molar-refractivity contribution in [1.82, 2.24) is 4.98 Å². The second-order valence-corrected chi connectivity index (χ2v) is 4.48. The quantitative estimate of drug-likeness (QED) is 0.673. The molecule has 0 bridgehead atoms. The third-order valence-electron chi connectivity index (χ3n) is 2.33. The van der Waals surface area contributed by atoms with Gasteiger partial charge in [0.1, 0.15) is 0 Å². The summed E-state index contributed by atoms with van der Waals surface area (Å²) < 4.78 is 0. The van der Waals surface area contributed by atoms with Crippen LogP contribution in [0.25, 0.3) is 0 Å². The predicted molar refractivity (Wildman–Crippen MR) is 57.7 cm³/mol. The van der Waals surface area contributed by atoms with Gasteiger partial charge in [-0.3, -0.25) is 9.78 Å². The molecule has 0 atom stereocenters. The van der Waals surface area contributed by atoms with Crippen LogP contribution in [-0.4, -0.2) is 11.3 Å². The van der Waals surface area contributed by atoms with Gasteiger partial charge in [0.25, 0.3) is 0 Å². The van der Waals surface area contributed by atoms with E-state index < -0.39 is 0 Å². The molecule has 0 radical (unpaired) electrons. The lowest BCUT2D eigenvalue weighted by atomic mass is 9.87. The molecule has 0 N–H and O–H groups in total. The first-order valence-electron chi connectivity index (χ1n) is 4.93. The zero-order valence-corrected chi connectivity index (χ0v) is 9.29. The number of aryl methyl sites for hydroxylation is 1. The highest BCUT2D eigenvalue weighted by Crippen LogP contribution is 2.22. The fourth-order valence-corrected chi connectivity index (χ4v) is 1.32. The lowest BCUT2D eigenvalue weighted by Gasteiger charge is -2.19. The van der Waals surface area contributed by atoms with Gasteiger partial charge < -0.3 is 0 Å². The third kappa shape index (κ3) is 2.19. The Morgan fingerprint density at radius 3 is 2.50 bits per heavy atom. The van der Waals surface area contributed by atoms with Crippen LogP contribution in [0.5, 0.6) is 0 Å². The van der Waals surface area contributed by atoms with E-state index in [1.165, 1.54) is 0 Å². The van der Waals surface area contributed by atoms with E-state index in [4.69, 9.17) is 0 Å². The molecule has 0 aromatic carbocycles. The van der Waals surface area contributed by atoms with Crippen molar-refractivity contribution in [3.8, 4) is 0 Å². The van der Waals surface area contributed by atoms with Gasteiger partial charge >= 0.3 is 0 Å². The van der Waals surface area contributed by atoms with Crippen molar-refractivity contribution < 1.29 is 4.79 Å². The minimum atomic E-state index is 0.0526. The minimum Gasteiger partial charge on any atom is -0.298 e. The molecule has 0 aliphatic carbocycles. The van der Waals surface area contributed by atoms with Gasteiger partial charge in [0.2, 0.25) is 0 Å². The fourth-order valence-electron chi connectivity index (χ4n) is 1.32. The van der Waals surface area contributed by atoms with Crippen molar-refractivity contribution in [3.63, 3.8) is 0 Å². The van der Waals surface area contributed by atoms with Crippen LogP contribution >= 0.6 is 0 Å². The fraction of sp³-hybridized carbons (Fsp3) is 0.500. The average molecular weight is 191 g/mol. The third-order valence-corrected chi connectivity index (χ3v) is 2.33. The van der Waals surface area contributed by atoms with Crippen LogP contribution in [0.4, 0.5) is 0 Å². The molecular weight excluding hydrogens is 174 g/mol. The monoisotopic (exact) mass is 191 g/mol. The van der Waals surface area contributed by atoms with Crippen LogP contribution in [0.3, 0.4) is 0 Å². The molecule has 1 heterocycles. The smallest absolute Gasteiger partial charge is 0.151 e. The van der Waals surface area contributed by atoms with E-state index in [1.54, 1.807) is 0 Å². The summed E-state index contributed by atoms with van der Waals surface area (Å²) in [5.74, 6) is 0. The Labute approximate surface area is 85.4 Å². The Hall–Kier alpha value is -1.18. The highest BCUT2D eigenvalue weighted by Gasteiger charge is 2.15. The van der Waals surface area contributed by atoms with Crippen LogP contribution in [0.15, 0.2) is 12.3 Å². The summed E-state index contributed by atoms with van der Waals surface area (Å²) in [6.07, 6.45) is 3.56. The van der Waals surface area contributed by atoms with Gasteiger partial charge in [-0.25, -0.2) is 0 Å². The average Bonchev–Trinajstić information content (AvgIpc) is 2.15. The molecule has 1 rings (SSSR count). The summed E-state index contributed by atoms with van der Waals surface area (Å²) in [5.41, 5.74) is 2.77. The SMILES string of the molecule is CCc1ncc(C(C)(C)C)cc1C=O. The van der Waals surface area contributed by atoms with E-state index in [0.29, 0.717) is 0 Å². The molecule has 0 unspecified atom stereocenters. The van der Waals surface area contributed by atoms with Gasteiger partial charge in [-0.15, -0.1) is 0 Å². The van der Waals surface area contributed by atoms with Crippen LogP contribution in [0.1, 0.15) is 49.3 Å². The lowest BCUT2D eigenvalue weighted by Crippen LogP contribution is -2.13. The predicted octanol–water partition coefficient (Wildman–Crippen LogP) is 2.75. The number of aldehydes is 1. The van der Waals surface area contributed by atoms with Gasteiger partial charge in [-0.1, -0.05) is 27.7 Å². The second-order valence-electron chi connectivity index (χ2n) is 4.48. The van der Waals surface area contributed by atoms with E-state index in [1.807, 2.05) is 19.2 Å². The number of nitrogens with zero attached hydrogens (tertiary/aromatic N) is 1. The second kappa shape index (κ2) is 3.91. The normalized spacial score (nSPS) is 11.4. The molecule has 2 heteroatoms. The summed E-state index contributed by atoms with van der Waals surface area (Å²) in [4.78, 5) is 15.1. The molecule has 76 valence electrons. The molecule has 0 aliphatic rings. The molecule has 1 aromatic rings. The summed E-state index contributed by atoms with van der Waals surface area (Å²) in [5, 5.41) is 0. The highest BCUT2D eigenvalue weighted by atomic mass is 16.1. The highest BCUT2D eigenvalue weighted by molar-refractivity contribution is 5.76. The summed E-state index contributed by atoms with van der Waals surface area (Å²) in [6, 6.07) is 1.94. The number of aromatic nitrogens is 1. The zero-order chi connectivity index (χ0) is 10.8. The molecule has 1 aromatic heterocycles. The van der Waals surface area contributed by atoms with Crippen LogP contribution in [0.2, 0.25) is 0 Å². The van der Waals surface area contributed by atoms with Crippen molar-refractivity contribution in [2.45, 2.75) is 39.5 Å². The van der Waals surface area contributed by atoms with E-state index in [9.17, 15) is 4.79 Å². The molecule has 2 nitrogen and oxygen atoms in total. The number of carbonyl (C=O) groups excluding carboxylic acids is 1. The van der Waals surface area contributed by atoms with E-state index in [2.05, 4.69) is 25.8 Å². The maximum Gasteiger partial charge on any atom is 0.151 e. The first-order chi connectivity index (χ1) is 6.49. The van der Waals surface area contributed by atoms with E-state index >= 15 is 0 Å².